The SMILES string of the molecule is Brc1cccc(-c2cc(-c3ccccc3)nc(-c3cccc(-n4c5ccccc5c5ccccc54)c3)n2)c1. The van der Waals surface area contributed by atoms with Crippen LogP contribution in [0.1, 0.15) is 0 Å². The quantitative estimate of drug-likeness (QED) is 0.218. The molecule has 0 bridgehead atoms. The van der Waals surface area contributed by atoms with Crippen molar-refractivity contribution in [2.45, 2.75) is 0 Å². The molecule has 180 valence electrons. The van der Waals surface area contributed by atoms with E-state index in [4.69, 9.17) is 9.97 Å². The van der Waals surface area contributed by atoms with Crippen LogP contribution in [-0.4, -0.2) is 14.5 Å². The van der Waals surface area contributed by atoms with Gasteiger partial charge in [-0.15, -0.1) is 0 Å². The Labute approximate surface area is 229 Å². The number of hydrogen-bond acceptors (Lipinski definition) is 2. The summed E-state index contributed by atoms with van der Waals surface area (Å²) in [7, 11) is 0. The maximum atomic E-state index is 5.05. The molecule has 0 N–H and O–H groups in total. The van der Waals surface area contributed by atoms with Gasteiger partial charge in [0.15, 0.2) is 5.82 Å². The molecule has 0 atom stereocenters. The molecule has 0 unspecified atom stereocenters. The summed E-state index contributed by atoms with van der Waals surface area (Å²) in [5.41, 5.74) is 8.30. The molecule has 0 fully saturated rings. The van der Waals surface area contributed by atoms with Crippen molar-refractivity contribution >= 4 is 37.7 Å². The monoisotopic (exact) mass is 551 g/mol. The normalized spacial score (nSPS) is 11.3. The van der Waals surface area contributed by atoms with Crippen LogP contribution in [0, 0.1) is 0 Å². The average Bonchev–Trinajstić information content (AvgIpc) is 3.32. The number of halogens is 1. The molecule has 0 spiro atoms. The highest BCUT2D eigenvalue weighted by Crippen LogP contribution is 2.34. The van der Waals surface area contributed by atoms with Gasteiger partial charge in [-0.1, -0.05) is 107 Å². The van der Waals surface area contributed by atoms with Crippen LogP contribution in [0.15, 0.2) is 138 Å². The average molecular weight is 552 g/mol. The van der Waals surface area contributed by atoms with E-state index in [1.165, 1.54) is 21.8 Å². The number of aromatic nitrogens is 3. The first kappa shape index (κ1) is 22.6. The maximum Gasteiger partial charge on any atom is 0.160 e. The molecule has 38 heavy (non-hydrogen) atoms. The lowest BCUT2D eigenvalue weighted by Crippen LogP contribution is -1.98. The fourth-order valence-electron chi connectivity index (χ4n) is 5.11. The van der Waals surface area contributed by atoms with Crippen molar-refractivity contribution in [2.75, 3.05) is 0 Å². The van der Waals surface area contributed by atoms with Crippen LogP contribution in [0.5, 0.6) is 0 Å². The Balaban J connectivity index is 1.44. The van der Waals surface area contributed by atoms with E-state index >= 15 is 0 Å². The van der Waals surface area contributed by atoms with E-state index < -0.39 is 0 Å². The van der Waals surface area contributed by atoms with Crippen molar-refractivity contribution in [3.63, 3.8) is 0 Å². The van der Waals surface area contributed by atoms with Gasteiger partial charge in [0.25, 0.3) is 0 Å². The van der Waals surface area contributed by atoms with E-state index in [9.17, 15) is 0 Å². The Hall–Kier alpha value is -4.54. The molecule has 7 rings (SSSR count). The molecule has 2 aromatic heterocycles. The van der Waals surface area contributed by atoms with Gasteiger partial charge in [-0.2, -0.15) is 0 Å². The number of fused-ring (bicyclic) bond motifs is 3. The van der Waals surface area contributed by atoms with Crippen LogP contribution >= 0.6 is 15.9 Å². The lowest BCUT2D eigenvalue weighted by atomic mass is 10.1. The highest BCUT2D eigenvalue weighted by Gasteiger charge is 2.14. The van der Waals surface area contributed by atoms with E-state index in [0.29, 0.717) is 5.82 Å². The maximum absolute atomic E-state index is 5.05. The fourth-order valence-corrected chi connectivity index (χ4v) is 5.51. The molecule has 5 aromatic carbocycles. The summed E-state index contributed by atoms with van der Waals surface area (Å²) in [6.07, 6.45) is 0. The van der Waals surface area contributed by atoms with Crippen LogP contribution < -0.4 is 0 Å². The number of nitrogens with zero attached hydrogens (tertiary/aromatic N) is 3. The number of benzene rings is 5. The van der Waals surface area contributed by atoms with Crippen molar-refractivity contribution in [1.82, 2.24) is 14.5 Å². The summed E-state index contributed by atoms with van der Waals surface area (Å²) < 4.78 is 3.34. The number of hydrogen-bond donors (Lipinski definition) is 0. The third-order valence-electron chi connectivity index (χ3n) is 6.86. The lowest BCUT2D eigenvalue weighted by molar-refractivity contribution is 1.16. The Morgan fingerprint density at radius 3 is 1.76 bits per heavy atom. The standard InChI is InChI=1S/C34H22BrN3/c35-26-14-8-12-24(20-26)31-22-30(23-10-2-1-3-11-23)36-34(37-31)25-13-9-15-27(21-25)38-32-18-6-4-16-28(32)29-17-5-7-19-33(29)38/h1-22H. The molecule has 0 aliphatic heterocycles. The van der Waals surface area contributed by atoms with Crippen LogP contribution in [0.3, 0.4) is 0 Å². The molecule has 0 saturated heterocycles. The minimum atomic E-state index is 0.698. The first-order valence-corrected chi connectivity index (χ1v) is 13.3. The zero-order valence-corrected chi connectivity index (χ0v) is 22.0. The fraction of sp³-hybridized carbons (Fsp3) is 0. The smallest absolute Gasteiger partial charge is 0.160 e. The van der Waals surface area contributed by atoms with Gasteiger partial charge in [0.05, 0.1) is 22.4 Å². The summed E-state index contributed by atoms with van der Waals surface area (Å²) in [6, 6.07) is 46.2. The van der Waals surface area contributed by atoms with E-state index in [1.807, 2.05) is 30.3 Å². The van der Waals surface area contributed by atoms with E-state index in [-0.39, 0.29) is 0 Å². The molecule has 0 radical (unpaired) electrons. The molecule has 3 nitrogen and oxygen atoms in total. The summed E-state index contributed by atoms with van der Waals surface area (Å²) in [6.45, 7) is 0. The molecule has 7 aromatic rings. The molecule has 4 heteroatoms. The number of rotatable bonds is 4. The molecule has 0 aliphatic rings. The zero-order chi connectivity index (χ0) is 25.5. The Morgan fingerprint density at radius 2 is 1.05 bits per heavy atom. The minimum Gasteiger partial charge on any atom is -0.309 e. The Morgan fingerprint density at radius 1 is 0.474 bits per heavy atom. The van der Waals surface area contributed by atoms with Gasteiger partial charge in [-0.3, -0.25) is 0 Å². The lowest BCUT2D eigenvalue weighted by Gasteiger charge is -2.12. The highest BCUT2D eigenvalue weighted by molar-refractivity contribution is 9.10. The van der Waals surface area contributed by atoms with Crippen molar-refractivity contribution in [3.05, 3.63) is 138 Å². The topological polar surface area (TPSA) is 30.7 Å². The Bertz CT molecular complexity index is 1890. The van der Waals surface area contributed by atoms with Crippen LogP contribution in [0.4, 0.5) is 0 Å². The first-order valence-electron chi connectivity index (χ1n) is 12.5. The van der Waals surface area contributed by atoms with Gasteiger partial charge < -0.3 is 4.57 Å². The van der Waals surface area contributed by atoms with Crippen molar-refractivity contribution in [2.24, 2.45) is 0 Å². The van der Waals surface area contributed by atoms with E-state index in [2.05, 4.69) is 124 Å². The molecule has 0 amide bonds. The van der Waals surface area contributed by atoms with Gasteiger partial charge in [-0.05, 0) is 42.5 Å². The summed E-state index contributed by atoms with van der Waals surface area (Å²) in [5.74, 6) is 0.698. The molecular formula is C34H22BrN3. The number of para-hydroxylation sites is 2. The second-order valence-electron chi connectivity index (χ2n) is 9.26. The van der Waals surface area contributed by atoms with Gasteiger partial charge in [0, 0.05) is 37.6 Å². The van der Waals surface area contributed by atoms with Gasteiger partial charge in [0.2, 0.25) is 0 Å². The van der Waals surface area contributed by atoms with Gasteiger partial charge in [-0.25, -0.2) is 9.97 Å². The molecule has 2 heterocycles. The third kappa shape index (κ3) is 4.00. The molecule has 0 saturated carbocycles. The van der Waals surface area contributed by atoms with E-state index in [1.54, 1.807) is 0 Å². The van der Waals surface area contributed by atoms with Crippen molar-refractivity contribution < 1.29 is 0 Å². The second-order valence-corrected chi connectivity index (χ2v) is 10.2. The van der Waals surface area contributed by atoms with Crippen LogP contribution in [0.2, 0.25) is 0 Å². The first-order chi connectivity index (χ1) is 18.7. The minimum absolute atomic E-state index is 0.698. The summed E-state index contributed by atoms with van der Waals surface area (Å²) in [5, 5.41) is 2.49. The van der Waals surface area contributed by atoms with Gasteiger partial charge in [0.1, 0.15) is 0 Å². The van der Waals surface area contributed by atoms with E-state index in [0.717, 1.165) is 38.2 Å². The third-order valence-corrected chi connectivity index (χ3v) is 7.35. The largest absolute Gasteiger partial charge is 0.309 e. The Kier molecular flexibility index (Phi) is 5.60. The molecule has 0 aliphatic carbocycles. The molecular weight excluding hydrogens is 530 g/mol. The van der Waals surface area contributed by atoms with Crippen molar-refractivity contribution in [3.8, 4) is 39.6 Å². The van der Waals surface area contributed by atoms with Gasteiger partial charge >= 0.3 is 0 Å². The van der Waals surface area contributed by atoms with Crippen LogP contribution in [-0.2, 0) is 0 Å². The summed E-state index contributed by atoms with van der Waals surface area (Å²) in [4.78, 5) is 10.1. The second kappa shape index (κ2) is 9.40. The summed E-state index contributed by atoms with van der Waals surface area (Å²) >= 11 is 3.61. The predicted octanol–water partition coefficient (Wildman–Crippen LogP) is 9.34. The highest BCUT2D eigenvalue weighted by atomic mass is 79.9. The zero-order valence-electron chi connectivity index (χ0n) is 20.4. The van der Waals surface area contributed by atoms with Crippen molar-refractivity contribution in [1.29, 1.82) is 0 Å². The predicted molar refractivity (Wildman–Crippen MR) is 160 cm³/mol. The van der Waals surface area contributed by atoms with Crippen LogP contribution in [0.25, 0.3) is 61.4 Å².